The fourth-order valence-electron chi connectivity index (χ4n) is 3.61. The van der Waals surface area contributed by atoms with Crippen molar-refractivity contribution in [3.8, 4) is 0 Å². The van der Waals surface area contributed by atoms with Crippen molar-refractivity contribution in [3.05, 3.63) is 0 Å². The topological polar surface area (TPSA) is 41.6 Å². The van der Waals surface area contributed by atoms with Crippen molar-refractivity contribution in [2.24, 2.45) is 5.92 Å². The highest BCUT2D eigenvalue weighted by molar-refractivity contribution is 5.81. The first-order valence-corrected chi connectivity index (χ1v) is 7.86. The fourth-order valence-corrected chi connectivity index (χ4v) is 3.61. The summed E-state index contributed by atoms with van der Waals surface area (Å²) in [6, 6.07) is 0. The minimum Gasteiger partial charge on any atom is -0.465 e. The number of ether oxygens (including phenoxy) is 1. The summed E-state index contributed by atoms with van der Waals surface area (Å²) in [6.07, 6.45) is 5.43. The molecule has 0 bridgehead atoms. The molecule has 2 fully saturated rings. The third-order valence-corrected chi connectivity index (χ3v) is 4.77. The molecule has 4 heteroatoms. The molecule has 1 aliphatic heterocycles. The molecular weight excluding hydrogens is 240 g/mol. The molecule has 0 aromatic rings. The smallest absolute Gasteiger partial charge is 0.326 e. The van der Waals surface area contributed by atoms with Crippen molar-refractivity contribution < 1.29 is 9.53 Å². The number of hydrogen-bond acceptors (Lipinski definition) is 4. The van der Waals surface area contributed by atoms with Crippen LogP contribution in [0.25, 0.3) is 0 Å². The van der Waals surface area contributed by atoms with Crippen LogP contribution in [0.5, 0.6) is 0 Å². The third kappa shape index (κ3) is 3.11. The average Bonchev–Trinajstić information content (AvgIpc) is 2.68. The lowest BCUT2D eigenvalue weighted by atomic mass is 9.92. The Labute approximate surface area is 116 Å². The van der Waals surface area contributed by atoms with Gasteiger partial charge in [-0.3, -0.25) is 9.69 Å². The molecule has 0 radical (unpaired) electrons. The zero-order chi connectivity index (χ0) is 13.7. The Morgan fingerprint density at radius 3 is 2.89 bits per heavy atom. The molecule has 0 aromatic heterocycles. The lowest BCUT2D eigenvalue weighted by molar-refractivity contribution is -0.158. The fraction of sp³-hybridized carbons (Fsp3) is 0.933. The lowest BCUT2D eigenvalue weighted by Gasteiger charge is -2.38. The van der Waals surface area contributed by atoms with Gasteiger partial charge in [-0.25, -0.2) is 0 Å². The Morgan fingerprint density at radius 1 is 1.37 bits per heavy atom. The van der Waals surface area contributed by atoms with Crippen LogP contribution in [0.15, 0.2) is 0 Å². The molecule has 110 valence electrons. The molecule has 2 rings (SSSR count). The predicted molar refractivity (Wildman–Crippen MR) is 76.1 cm³/mol. The van der Waals surface area contributed by atoms with E-state index in [0.29, 0.717) is 12.5 Å². The van der Waals surface area contributed by atoms with E-state index in [1.807, 2.05) is 6.92 Å². The Morgan fingerprint density at radius 2 is 2.21 bits per heavy atom. The maximum atomic E-state index is 12.6. The van der Waals surface area contributed by atoms with Gasteiger partial charge in [0.1, 0.15) is 5.54 Å². The maximum absolute atomic E-state index is 12.6. The van der Waals surface area contributed by atoms with E-state index in [9.17, 15) is 4.79 Å². The molecule has 2 unspecified atom stereocenters. The number of carbonyl (C=O) groups excluding carboxylic acids is 1. The van der Waals surface area contributed by atoms with Gasteiger partial charge in [-0.2, -0.15) is 0 Å². The third-order valence-electron chi connectivity index (χ3n) is 4.77. The largest absolute Gasteiger partial charge is 0.465 e. The summed E-state index contributed by atoms with van der Waals surface area (Å²) in [6.45, 7) is 8.66. The quantitative estimate of drug-likeness (QED) is 0.789. The summed E-state index contributed by atoms with van der Waals surface area (Å²) in [7, 11) is 0. The Balaban J connectivity index is 2.15. The molecule has 0 spiro atoms. The second kappa shape index (κ2) is 6.71. The van der Waals surface area contributed by atoms with Crippen LogP contribution in [0.3, 0.4) is 0 Å². The zero-order valence-electron chi connectivity index (χ0n) is 12.4. The van der Waals surface area contributed by atoms with Gasteiger partial charge >= 0.3 is 5.97 Å². The highest BCUT2D eigenvalue weighted by Crippen LogP contribution is 2.41. The van der Waals surface area contributed by atoms with Crippen LogP contribution < -0.4 is 5.32 Å². The standard InChI is InChI=1S/C15H28N2O2/c1-3-13-6-7-15(12-13,14(18)19-4-2)17-10-5-8-16-9-11-17/h13,16H,3-12H2,1-2H3. The first kappa shape index (κ1) is 14.8. The monoisotopic (exact) mass is 268 g/mol. The number of nitrogens with zero attached hydrogens (tertiary/aromatic N) is 1. The van der Waals surface area contributed by atoms with Crippen LogP contribution in [-0.2, 0) is 9.53 Å². The molecule has 1 saturated carbocycles. The van der Waals surface area contributed by atoms with Gasteiger partial charge in [0.15, 0.2) is 0 Å². The van der Waals surface area contributed by atoms with Gasteiger partial charge in [-0.15, -0.1) is 0 Å². The predicted octanol–water partition coefficient (Wildman–Crippen LogP) is 1.79. The number of rotatable bonds is 4. The van der Waals surface area contributed by atoms with Gasteiger partial charge in [0.2, 0.25) is 0 Å². The van der Waals surface area contributed by atoms with Crippen molar-refractivity contribution >= 4 is 5.97 Å². The summed E-state index contributed by atoms with van der Waals surface area (Å²) in [5.41, 5.74) is -0.331. The number of nitrogens with one attached hydrogen (secondary N) is 1. The zero-order valence-corrected chi connectivity index (χ0v) is 12.4. The Bertz CT molecular complexity index is 301. The molecule has 0 amide bonds. The van der Waals surface area contributed by atoms with Gasteiger partial charge in [0, 0.05) is 19.6 Å². The van der Waals surface area contributed by atoms with Gasteiger partial charge < -0.3 is 10.1 Å². The van der Waals surface area contributed by atoms with E-state index in [0.717, 1.165) is 45.4 Å². The molecule has 1 aliphatic carbocycles. The van der Waals surface area contributed by atoms with E-state index in [-0.39, 0.29) is 11.5 Å². The van der Waals surface area contributed by atoms with Crippen molar-refractivity contribution in [1.29, 1.82) is 0 Å². The highest BCUT2D eigenvalue weighted by atomic mass is 16.5. The summed E-state index contributed by atoms with van der Waals surface area (Å²) in [5, 5.41) is 3.42. The van der Waals surface area contributed by atoms with E-state index >= 15 is 0 Å². The van der Waals surface area contributed by atoms with Gasteiger partial charge in [0.05, 0.1) is 6.61 Å². The number of carbonyl (C=O) groups is 1. The first-order chi connectivity index (χ1) is 9.23. The van der Waals surface area contributed by atoms with Crippen molar-refractivity contribution in [2.45, 2.75) is 51.5 Å². The molecule has 19 heavy (non-hydrogen) atoms. The van der Waals surface area contributed by atoms with Crippen molar-refractivity contribution in [3.63, 3.8) is 0 Å². The minimum absolute atomic E-state index is 0.0212. The molecule has 1 N–H and O–H groups in total. The Hall–Kier alpha value is -0.610. The van der Waals surface area contributed by atoms with Crippen LogP contribution in [0, 0.1) is 5.92 Å². The van der Waals surface area contributed by atoms with E-state index < -0.39 is 0 Å². The van der Waals surface area contributed by atoms with Gasteiger partial charge in [-0.1, -0.05) is 13.3 Å². The summed E-state index contributed by atoms with van der Waals surface area (Å²) < 4.78 is 5.42. The summed E-state index contributed by atoms with van der Waals surface area (Å²) >= 11 is 0. The lowest BCUT2D eigenvalue weighted by Crippen LogP contribution is -2.55. The number of esters is 1. The van der Waals surface area contributed by atoms with E-state index in [4.69, 9.17) is 4.74 Å². The van der Waals surface area contributed by atoms with Crippen molar-refractivity contribution in [1.82, 2.24) is 10.2 Å². The second-order valence-corrected chi connectivity index (χ2v) is 5.86. The van der Waals surface area contributed by atoms with E-state index in [1.165, 1.54) is 12.8 Å². The van der Waals surface area contributed by atoms with Crippen LogP contribution >= 0.6 is 0 Å². The molecule has 4 nitrogen and oxygen atoms in total. The van der Waals surface area contributed by atoms with Crippen molar-refractivity contribution in [2.75, 3.05) is 32.8 Å². The molecule has 2 atom stereocenters. The SMILES string of the molecule is CCOC(=O)C1(N2CCCNCC2)CCC(CC)C1. The minimum atomic E-state index is -0.331. The number of hydrogen-bond donors (Lipinski definition) is 1. The van der Waals surface area contributed by atoms with Crippen LogP contribution in [0.4, 0.5) is 0 Å². The summed E-state index contributed by atoms with van der Waals surface area (Å²) in [4.78, 5) is 15.0. The van der Waals surface area contributed by atoms with Crippen LogP contribution in [0.1, 0.15) is 46.0 Å². The molecule has 2 aliphatic rings. The second-order valence-electron chi connectivity index (χ2n) is 5.86. The maximum Gasteiger partial charge on any atom is 0.326 e. The van der Waals surface area contributed by atoms with Crippen LogP contribution in [0.2, 0.25) is 0 Å². The Kier molecular flexibility index (Phi) is 5.22. The normalized spacial score (nSPS) is 33.1. The van der Waals surface area contributed by atoms with Gasteiger partial charge in [-0.05, 0) is 45.1 Å². The van der Waals surface area contributed by atoms with E-state index in [1.54, 1.807) is 0 Å². The first-order valence-electron chi connectivity index (χ1n) is 7.86. The van der Waals surface area contributed by atoms with Gasteiger partial charge in [0.25, 0.3) is 0 Å². The average molecular weight is 268 g/mol. The highest BCUT2D eigenvalue weighted by Gasteiger charge is 2.50. The molecule has 0 aromatic carbocycles. The molecule has 1 heterocycles. The molecule has 1 saturated heterocycles. The van der Waals surface area contributed by atoms with E-state index in [2.05, 4.69) is 17.1 Å². The van der Waals surface area contributed by atoms with Crippen LogP contribution in [-0.4, -0.2) is 49.2 Å². The summed E-state index contributed by atoms with van der Waals surface area (Å²) in [5.74, 6) is 0.702. The molecular formula is C15H28N2O2.